The number of aromatic amines is 1. The number of aromatic nitrogens is 1. The summed E-state index contributed by atoms with van der Waals surface area (Å²) >= 11 is 0. The van der Waals surface area contributed by atoms with Crippen LogP contribution in [0.2, 0.25) is 0 Å². The topological polar surface area (TPSA) is 91.0 Å². The van der Waals surface area contributed by atoms with E-state index < -0.39 is 12.0 Å². The summed E-state index contributed by atoms with van der Waals surface area (Å²) in [6.07, 6.45) is 0.436. The number of nitrogens with two attached hydrogens (primary N) is 1. The van der Waals surface area contributed by atoms with Gasteiger partial charge in [-0.25, -0.2) is 0 Å². The van der Waals surface area contributed by atoms with Crippen LogP contribution < -0.4 is 19.9 Å². The van der Waals surface area contributed by atoms with Crippen molar-refractivity contribution in [2.24, 2.45) is 0 Å². The molecule has 26 heavy (non-hydrogen) atoms. The maximum absolute atomic E-state index is 11.6. The average Bonchev–Trinajstić information content (AvgIpc) is 3.05. The van der Waals surface area contributed by atoms with E-state index in [1.54, 1.807) is 14.2 Å². The standard InChI is InChI=1S/C20H20N2O4/c1-25-16-8-7-11(9-17(16)26-2)18-19-13(10-15(22-18)20(23)24)12-5-3-4-6-14(12)21-19/h3-9,15,18,21-22H,10H2,1-2H3,(H,23,24)/t15-,18-/m1/s1. The van der Waals surface area contributed by atoms with Gasteiger partial charge in [0, 0.05) is 22.9 Å². The number of carbonyl (C=O) groups excluding carboxylic acids is 1. The number of fused-ring (bicyclic) bond motifs is 3. The molecular weight excluding hydrogens is 332 g/mol. The molecule has 0 fully saturated rings. The molecule has 3 N–H and O–H groups in total. The highest BCUT2D eigenvalue weighted by atomic mass is 16.5. The third kappa shape index (κ3) is 2.59. The summed E-state index contributed by atoms with van der Waals surface area (Å²) in [5, 5.41) is 14.5. The second kappa shape index (κ2) is 6.38. The molecule has 0 bridgehead atoms. The predicted octanol–water partition coefficient (Wildman–Crippen LogP) is 0.513. The van der Waals surface area contributed by atoms with Crippen LogP contribution in [0.1, 0.15) is 22.9 Å². The summed E-state index contributed by atoms with van der Waals surface area (Å²) in [4.78, 5) is 15.1. The highest BCUT2D eigenvalue weighted by Crippen LogP contribution is 2.35. The van der Waals surface area contributed by atoms with E-state index in [9.17, 15) is 9.90 Å². The molecule has 1 aromatic heterocycles. The van der Waals surface area contributed by atoms with E-state index in [1.165, 1.54) is 0 Å². The van der Waals surface area contributed by atoms with Gasteiger partial charge in [-0.15, -0.1) is 0 Å². The highest BCUT2D eigenvalue weighted by Gasteiger charge is 2.35. The number of rotatable bonds is 4. The normalized spacial score (nSPS) is 19.2. The number of H-pyrrole nitrogens is 1. The molecule has 0 saturated carbocycles. The third-order valence-electron chi connectivity index (χ3n) is 5.08. The van der Waals surface area contributed by atoms with E-state index in [2.05, 4.69) is 4.98 Å². The molecule has 2 atom stereocenters. The minimum atomic E-state index is -1.05. The molecule has 0 aliphatic carbocycles. The third-order valence-corrected chi connectivity index (χ3v) is 5.08. The quantitative estimate of drug-likeness (QED) is 0.716. The van der Waals surface area contributed by atoms with Crippen LogP contribution in [0.4, 0.5) is 0 Å². The zero-order valence-electron chi connectivity index (χ0n) is 14.6. The predicted molar refractivity (Wildman–Crippen MR) is 94.1 cm³/mol. The first kappa shape index (κ1) is 16.5. The molecule has 4 rings (SSSR count). The zero-order valence-corrected chi connectivity index (χ0v) is 14.6. The fraction of sp³-hybridized carbons (Fsp3) is 0.250. The van der Waals surface area contributed by atoms with Crippen molar-refractivity contribution in [1.29, 1.82) is 0 Å². The number of benzene rings is 2. The number of aliphatic carboxylic acids is 1. The minimum Gasteiger partial charge on any atom is -0.544 e. The van der Waals surface area contributed by atoms with Crippen LogP contribution in [0.15, 0.2) is 42.5 Å². The van der Waals surface area contributed by atoms with E-state index in [4.69, 9.17) is 9.47 Å². The van der Waals surface area contributed by atoms with Crippen LogP contribution in [0.5, 0.6) is 11.5 Å². The average molecular weight is 352 g/mol. The number of hydrogen-bond donors (Lipinski definition) is 2. The number of hydrogen-bond acceptors (Lipinski definition) is 4. The summed E-state index contributed by atoms with van der Waals surface area (Å²) in [6.45, 7) is 0. The molecule has 2 aromatic carbocycles. The summed E-state index contributed by atoms with van der Waals surface area (Å²) < 4.78 is 10.7. The van der Waals surface area contributed by atoms with Gasteiger partial charge >= 0.3 is 0 Å². The van der Waals surface area contributed by atoms with Crippen molar-refractivity contribution in [1.82, 2.24) is 4.98 Å². The molecule has 0 saturated heterocycles. The number of methoxy groups -OCH3 is 2. The smallest absolute Gasteiger partial charge is 0.161 e. The number of para-hydroxylation sites is 1. The van der Waals surface area contributed by atoms with Gasteiger partial charge in [0.15, 0.2) is 17.5 Å². The Kier molecular flexibility index (Phi) is 4.05. The van der Waals surface area contributed by atoms with Gasteiger partial charge in [-0.1, -0.05) is 18.2 Å². The number of quaternary nitrogens is 1. The number of carboxylic acid groups (broad SMARTS) is 1. The maximum atomic E-state index is 11.6. The van der Waals surface area contributed by atoms with Gasteiger partial charge in [-0.2, -0.15) is 0 Å². The Morgan fingerprint density at radius 1 is 1.15 bits per heavy atom. The molecular formula is C20H20N2O4. The Bertz CT molecular complexity index is 979. The van der Waals surface area contributed by atoms with Crippen molar-refractivity contribution in [3.63, 3.8) is 0 Å². The van der Waals surface area contributed by atoms with Gasteiger partial charge in [0.25, 0.3) is 0 Å². The zero-order chi connectivity index (χ0) is 18.3. The van der Waals surface area contributed by atoms with E-state index in [0.29, 0.717) is 17.9 Å². The van der Waals surface area contributed by atoms with Crippen LogP contribution >= 0.6 is 0 Å². The van der Waals surface area contributed by atoms with Gasteiger partial charge in [-0.05, 0) is 29.8 Å². The highest BCUT2D eigenvalue weighted by molar-refractivity contribution is 5.86. The first-order valence-electron chi connectivity index (χ1n) is 8.49. The Labute approximate surface area is 150 Å². The first-order chi connectivity index (χ1) is 12.6. The van der Waals surface area contributed by atoms with E-state index in [-0.39, 0.29) is 6.04 Å². The lowest BCUT2D eigenvalue weighted by Crippen LogP contribution is -2.95. The van der Waals surface area contributed by atoms with Crippen LogP contribution in [0, 0.1) is 0 Å². The van der Waals surface area contributed by atoms with Crippen molar-refractivity contribution in [2.75, 3.05) is 14.2 Å². The largest absolute Gasteiger partial charge is 0.544 e. The summed E-state index contributed by atoms with van der Waals surface area (Å²) in [7, 11) is 3.18. The Balaban J connectivity index is 1.87. The Morgan fingerprint density at radius 2 is 1.92 bits per heavy atom. The van der Waals surface area contributed by atoms with Crippen molar-refractivity contribution in [3.8, 4) is 11.5 Å². The molecule has 6 nitrogen and oxygen atoms in total. The van der Waals surface area contributed by atoms with Crippen LogP contribution in [-0.2, 0) is 11.2 Å². The molecule has 0 unspecified atom stereocenters. The molecule has 6 heteroatoms. The fourth-order valence-corrected chi connectivity index (χ4v) is 3.81. The maximum Gasteiger partial charge on any atom is 0.161 e. The molecule has 134 valence electrons. The van der Waals surface area contributed by atoms with Crippen LogP contribution in [0.3, 0.4) is 0 Å². The second-order valence-corrected chi connectivity index (χ2v) is 6.48. The van der Waals surface area contributed by atoms with Crippen molar-refractivity contribution in [3.05, 3.63) is 59.3 Å². The number of carbonyl (C=O) groups is 1. The van der Waals surface area contributed by atoms with Crippen LogP contribution in [0.25, 0.3) is 10.9 Å². The Morgan fingerprint density at radius 3 is 2.65 bits per heavy atom. The molecule has 1 aliphatic heterocycles. The van der Waals surface area contributed by atoms with E-state index in [1.807, 2.05) is 47.8 Å². The Hall–Kier alpha value is -2.99. The molecule has 2 heterocycles. The minimum absolute atomic E-state index is 0.186. The lowest BCUT2D eigenvalue weighted by atomic mass is 9.90. The van der Waals surface area contributed by atoms with Gasteiger partial charge in [-0.3, -0.25) is 0 Å². The number of carboxylic acids is 1. The number of ether oxygens (including phenoxy) is 2. The van der Waals surface area contributed by atoms with Crippen molar-refractivity contribution in [2.45, 2.75) is 18.5 Å². The second-order valence-electron chi connectivity index (χ2n) is 6.48. The van der Waals surface area contributed by atoms with E-state index >= 15 is 0 Å². The van der Waals surface area contributed by atoms with Crippen molar-refractivity contribution < 1.29 is 24.7 Å². The first-order valence-corrected chi connectivity index (χ1v) is 8.49. The van der Waals surface area contributed by atoms with Crippen molar-refractivity contribution >= 4 is 16.9 Å². The van der Waals surface area contributed by atoms with Gasteiger partial charge in [0.2, 0.25) is 0 Å². The summed E-state index contributed by atoms with van der Waals surface area (Å²) in [5.74, 6) is 0.207. The summed E-state index contributed by atoms with van der Waals surface area (Å²) in [6, 6.07) is 12.8. The fourth-order valence-electron chi connectivity index (χ4n) is 3.81. The van der Waals surface area contributed by atoms with Gasteiger partial charge in [0.1, 0.15) is 6.04 Å². The van der Waals surface area contributed by atoms with Crippen LogP contribution in [-0.4, -0.2) is 31.2 Å². The SMILES string of the molecule is COc1ccc([C@H]2[NH2+][C@@H](C(=O)[O-])Cc3c2[nH]c2ccccc32)cc1OC. The lowest BCUT2D eigenvalue weighted by Gasteiger charge is -2.29. The number of nitrogens with one attached hydrogen (secondary N) is 1. The lowest BCUT2D eigenvalue weighted by molar-refractivity contribution is -0.717. The van der Waals surface area contributed by atoms with Gasteiger partial charge < -0.3 is 29.7 Å². The molecule has 3 aromatic rings. The molecule has 1 aliphatic rings. The van der Waals surface area contributed by atoms with Gasteiger partial charge in [0.05, 0.1) is 25.9 Å². The van der Waals surface area contributed by atoms with E-state index in [0.717, 1.165) is 27.7 Å². The summed E-state index contributed by atoms with van der Waals surface area (Å²) in [5.41, 5.74) is 4.02. The molecule has 0 amide bonds. The molecule has 0 spiro atoms. The molecule has 0 radical (unpaired) electrons. The monoisotopic (exact) mass is 352 g/mol.